The molecule has 0 aliphatic rings. The first kappa shape index (κ1) is 17.1. The summed E-state index contributed by atoms with van der Waals surface area (Å²) in [7, 11) is 0. The summed E-state index contributed by atoms with van der Waals surface area (Å²) in [6, 6.07) is 18.2. The summed E-state index contributed by atoms with van der Waals surface area (Å²) >= 11 is 3.22. The van der Waals surface area contributed by atoms with Gasteiger partial charge in [0.05, 0.1) is 17.6 Å². The molecule has 2 aromatic carbocycles. The van der Waals surface area contributed by atoms with Gasteiger partial charge in [0.25, 0.3) is 0 Å². The molecule has 7 heteroatoms. The zero-order valence-corrected chi connectivity index (χ0v) is 16.7. The summed E-state index contributed by atoms with van der Waals surface area (Å²) in [5, 5.41) is 8.47. The molecule has 0 radical (unpaired) electrons. The molecule has 3 heterocycles. The second-order valence-corrected chi connectivity index (χ2v) is 8.32. The predicted octanol–water partition coefficient (Wildman–Crippen LogP) is 5.47. The Morgan fingerprint density at radius 1 is 0.964 bits per heavy atom. The number of ether oxygens (including phenoxy) is 1. The number of aromatic nitrogens is 4. The number of nitrogens with zero attached hydrogens (tertiary/aromatic N) is 4. The van der Waals surface area contributed by atoms with E-state index >= 15 is 0 Å². The molecule has 138 valence electrons. The lowest BCUT2D eigenvalue weighted by Gasteiger charge is -2.05. The highest BCUT2D eigenvalue weighted by Crippen LogP contribution is 2.26. The lowest BCUT2D eigenvalue weighted by atomic mass is 10.2. The monoisotopic (exact) mass is 404 g/mol. The van der Waals surface area contributed by atoms with Crippen LogP contribution in [-0.4, -0.2) is 19.6 Å². The molecule has 5 rings (SSSR count). The molecule has 0 saturated carbocycles. The maximum Gasteiger partial charge on any atom is 0.212 e. The van der Waals surface area contributed by atoms with E-state index in [0.29, 0.717) is 6.61 Å². The molecule has 28 heavy (non-hydrogen) atoms. The SMILES string of the molecule is Cc1nn2cc(-c3ccc(OCc4csc(-c5ccccc5)n4)cc3)nc2s1. The van der Waals surface area contributed by atoms with Crippen LogP contribution >= 0.6 is 22.7 Å². The topological polar surface area (TPSA) is 52.3 Å². The van der Waals surface area contributed by atoms with Gasteiger partial charge in [-0.05, 0) is 31.2 Å². The number of benzene rings is 2. The first-order valence-corrected chi connectivity index (χ1v) is 10.5. The second kappa shape index (κ2) is 7.18. The van der Waals surface area contributed by atoms with Crippen LogP contribution in [0.5, 0.6) is 5.75 Å². The Morgan fingerprint density at radius 3 is 2.57 bits per heavy atom. The Morgan fingerprint density at radius 2 is 1.79 bits per heavy atom. The molecule has 3 aromatic heterocycles. The van der Waals surface area contributed by atoms with Crippen LogP contribution in [0.25, 0.3) is 26.8 Å². The predicted molar refractivity (Wildman–Crippen MR) is 113 cm³/mol. The maximum absolute atomic E-state index is 5.90. The lowest BCUT2D eigenvalue weighted by molar-refractivity contribution is 0.302. The van der Waals surface area contributed by atoms with E-state index in [1.54, 1.807) is 22.7 Å². The average Bonchev–Trinajstić information content (AvgIpc) is 3.42. The third-order valence-corrected chi connectivity index (χ3v) is 6.03. The van der Waals surface area contributed by atoms with Crippen molar-refractivity contribution in [3.63, 3.8) is 0 Å². The molecule has 5 nitrogen and oxygen atoms in total. The highest BCUT2D eigenvalue weighted by atomic mass is 32.1. The van der Waals surface area contributed by atoms with E-state index in [9.17, 15) is 0 Å². The fraction of sp³-hybridized carbons (Fsp3) is 0.0952. The number of hydrogen-bond acceptors (Lipinski definition) is 6. The van der Waals surface area contributed by atoms with Crippen LogP contribution in [0.4, 0.5) is 0 Å². The Balaban J connectivity index is 1.26. The Kier molecular flexibility index (Phi) is 4.38. The molecule has 5 aromatic rings. The van der Waals surface area contributed by atoms with Crippen molar-refractivity contribution in [2.45, 2.75) is 13.5 Å². The first-order chi connectivity index (χ1) is 13.7. The Labute approximate surface area is 169 Å². The largest absolute Gasteiger partial charge is 0.487 e. The van der Waals surface area contributed by atoms with Gasteiger partial charge in [0, 0.05) is 16.5 Å². The van der Waals surface area contributed by atoms with Gasteiger partial charge >= 0.3 is 0 Å². The molecule has 0 unspecified atom stereocenters. The van der Waals surface area contributed by atoms with Crippen LogP contribution in [-0.2, 0) is 6.61 Å². The molecule has 0 amide bonds. The van der Waals surface area contributed by atoms with Crippen LogP contribution in [0.15, 0.2) is 66.2 Å². The fourth-order valence-electron chi connectivity index (χ4n) is 2.90. The standard InChI is InChI=1S/C21H16N4OS2/c1-14-24-25-11-19(23-21(25)28-14)15-7-9-18(10-8-15)26-12-17-13-27-20(22-17)16-5-3-2-4-6-16/h2-11,13H,12H2,1H3. The summed E-state index contributed by atoms with van der Waals surface area (Å²) in [4.78, 5) is 10.2. The molecule has 0 atom stereocenters. The van der Waals surface area contributed by atoms with Crippen molar-refractivity contribution in [1.29, 1.82) is 0 Å². The minimum atomic E-state index is 0.450. The van der Waals surface area contributed by atoms with E-state index < -0.39 is 0 Å². The number of fused-ring (bicyclic) bond motifs is 1. The second-order valence-electron chi connectivity index (χ2n) is 6.30. The van der Waals surface area contributed by atoms with Crippen LogP contribution in [0.3, 0.4) is 0 Å². The van der Waals surface area contributed by atoms with Crippen molar-refractivity contribution in [2.24, 2.45) is 0 Å². The average molecular weight is 405 g/mol. The molecule has 0 aliphatic heterocycles. The van der Waals surface area contributed by atoms with E-state index in [4.69, 9.17) is 4.74 Å². The minimum absolute atomic E-state index is 0.450. The van der Waals surface area contributed by atoms with Crippen molar-refractivity contribution in [3.05, 3.63) is 76.9 Å². The molecule has 0 saturated heterocycles. The highest BCUT2D eigenvalue weighted by Gasteiger charge is 2.09. The van der Waals surface area contributed by atoms with Crippen LogP contribution in [0, 0.1) is 6.92 Å². The lowest BCUT2D eigenvalue weighted by Crippen LogP contribution is -1.95. The number of imidazole rings is 1. The van der Waals surface area contributed by atoms with Gasteiger partial charge in [0.2, 0.25) is 4.96 Å². The van der Waals surface area contributed by atoms with Gasteiger partial charge < -0.3 is 4.74 Å². The van der Waals surface area contributed by atoms with Crippen LogP contribution in [0.1, 0.15) is 10.7 Å². The molecule has 0 bridgehead atoms. The normalized spacial score (nSPS) is 11.2. The summed E-state index contributed by atoms with van der Waals surface area (Å²) in [5.74, 6) is 0.813. The fourth-order valence-corrected chi connectivity index (χ4v) is 4.44. The summed E-state index contributed by atoms with van der Waals surface area (Å²) in [6.07, 6.45) is 1.95. The van der Waals surface area contributed by atoms with Crippen molar-refractivity contribution in [1.82, 2.24) is 19.6 Å². The third-order valence-electron chi connectivity index (χ3n) is 4.25. The number of thiazole rings is 1. The number of rotatable bonds is 5. The Bertz CT molecular complexity index is 1190. The van der Waals surface area contributed by atoms with Gasteiger partial charge in [-0.1, -0.05) is 41.7 Å². The molecule has 0 N–H and O–H groups in total. The number of hydrogen-bond donors (Lipinski definition) is 0. The third kappa shape index (κ3) is 3.42. The zero-order valence-electron chi connectivity index (χ0n) is 15.1. The van der Waals surface area contributed by atoms with Gasteiger partial charge in [-0.25, -0.2) is 14.5 Å². The van der Waals surface area contributed by atoms with Gasteiger partial charge in [0.1, 0.15) is 22.4 Å². The zero-order chi connectivity index (χ0) is 18.9. The van der Waals surface area contributed by atoms with Gasteiger partial charge in [0.15, 0.2) is 0 Å². The van der Waals surface area contributed by atoms with E-state index in [-0.39, 0.29) is 0 Å². The van der Waals surface area contributed by atoms with Crippen molar-refractivity contribution in [3.8, 4) is 27.6 Å². The molecular formula is C21H16N4OS2. The van der Waals surface area contributed by atoms with Gasteiger partial charge in [-0.3, -0.25) is 0 Å². The van der Waals surface area contributed by atoms with Crippen molar-refractivity contribution in [2.75, 3.05) is 0 Å². The van der Waals surface area contributed by atoms with E-state index in [2.05, 4.69) is 27.2 Å². The van der Waals surface area contributed by atoms with E-state index in [1.807, 2.05) is 65.5 Å². The summed E-state index contributed by atoms with van der Waals surface area (Å²) in [5.41, 5.74) is 4.02. The molecule has 0 fully saturated rings. The van der Waals surface area contributed by atoms with E-state index in [1.165, 1.54) is 0 Å². The van der Waals surface area contributed by atoms with Crippen molar-refractivity contribution < 1.29 is 4.74 Å². The van der Waals surface area contributed by atoms with Gasteiger partial charge in [-0.2, -0.15) is 5.10 Å². The summed E-state index contributed by atoms with van der Waals surface area (Å²) in [6.45, 7) is 2.43. The molecule has 0 aliphatic carbocycles. The minimum Gasteiger partial charge on any atom is -0.487 e. The van der Waals surface area contributed by atoms with Crippen LogP contribution < -0.4 is 4.74 Å². The van der Waals surface area contributed by atoms with Crippen molar-refractivity contribution >= 4 is 27.6 Å². The smallest absolute Gasteiger partial charge is 0.212 e. The maximum atomic E-state index is 5.90. The van der Waals surface area contributed by atoms with Gasteiger partial charge in [-0.15, -0.1) is 11.3 Å². The number of aryl methyl sites for hydroxylation is 1. The molecule has 0 spiro atoms. The highest BCUT2D eigenvalue weighted by molar-refractivity contribution is 7.16. The quantitative estimate of drug-likeness (QED) is 0.390. The Hall–Kier alpha value is -3.03. The molecular weight excluding hydrogens is 388 g/mol. The van der Waals surface area contributed by atoms with E-state index in [0.717, 1.165) is 43.2 Å². The first-order valence-electron chi connectivity index (χ1n) is 8.80. The van der Waals surface area contributed by atoms with Crippen LogP contribution in [0.2, 0.25) is 0 Å². The summed E-state index contributed by atoms with van der Waals surface area (Å²) < 4.78 is 7.73.